The van der Waals surface area contributed by atoms with Gasteiger partial charge in [0.25, 0.3) is 5.56 Å². The predicted molar refractivity (Wildman–Crippen MR) is 114 cm³/mol. The second kappa shape index (κ2) is 7.23. The molecule has 0 bridgehead atoms. The van der Waals surface area contributed by atoms with Crippen molar-refractivity contribution in [1.82, 2.24) is 14.5 Å². The van der Waals surface area contributed by atoms with Crippen molar-refractivity contribution in [2.45, 2.75) is 19.0 Å². The number of rotatable bonds is 3. The van der Waals surface area contributed by atoms with Crippen molar-refractivity contribution in [3.8, 4) is 5.88 Å². The molecule has 0 radical (unpaired) electrons. The van der Waals surface area contributed by atoms with Crippen LogP contribution < -0.4 is 10.9 Å². The highest BCUT2D eigenvalue weighted by Gasteiger charge is 2.33. The molecule has 8 heteroatoms. The van der Waals surface area contributed by atoms with Crippen LogP contribution in [0.5, 0.6) is 5.88 Å². The number of nitrogens with two attached hydrogens (primary N) is 1. The highest BCUT2D eigenvalue weighted by atomic mass is 32.1. The summed E-state index contributed by atoms with van der Waals surface area (Å²) in [6, 6.07) is 13.6. The molecule has 5 rings (SSSR count). The molecule has 2 aromatic carbocycles. The van der Waals surface area contributed by atoms with Crippen molar-refractivity contribution in [2.75, 3.05) is 6.54 Å². The van der Waals surface area contributed by atoms with E-state index in [0.29, 0.717) is 0 Å². The van der Waals surface area contributed by atoms with Crippen molar-refractivity contribution >= 4 is 23.1 Å². The molecule has 0 saturated heterocycles. The van der Waals surface area contributed by atoms with Crippen LogP contribution in [0.2, 0.25) is 0 Å². The van der Waals surface area contributed by atoms with E-state index in [4.69, 9.17) is 12.2 Å². The molecule has 1 aliphatic rings. The van der Waals surface area contributed by atoms with Crippen LogP contribution in [0.15, 0.2) is 53.3 Å². The minimum atomic E-state index is -0.402. The van der Waals surface area contributed by atoms with Crippen LogP contribution in [0.25, 0.3) is 10.9 Å². The fourth-order valence-corrected chi connectivity index (χ4v) is 4.55. The molecule has 0 unspecified atom stereocenters. The Balaban J connectivity index is 1.65. The number of halogens is 1. The number of aromatic amines is 2. The third-order valence-electron chi connectivity index (χ3n) is 5.73. The normalized spacial score (nSPS) is 16.0. The summed E-state index contributed by atoms with van der Waals surface area (Å²) in [7, 11) is 0. The highest BCUT2D eigenvalue weighted by Crippen LogP contribution is 2.32. The number of benzene rings is 2. The van der Waals surface area contributed by atoms with E-state index in [1.54, 1.807) is 12.1 Å². The van der Waals surface area contributed by atoms with E-state index in [2.05, 4.69) is 16.0 Å². The number of nitrogens with zero attached hydrogens (tertiary/aromatic N) is 1. The zero-order valence-electron chi connectivity index (χ0n) is 16.0. The van der Waals surface area contributed by atoms with Crippen LogP contribution >= 0.6 is 12.2 Å². The van der Waals surface area contributed by atoms with E-state index >= 15 is 0 Å². The lowest BCUT2D eigenvalue weighted by molar-refractivity contribution is -0.690. The van der Waals surface area contributed by atoms with Gasteiger partial charge in [-0.2, -0.15) is 0 Å². The summed E-state index contributed by atoms with van der Waals surface area (Å²) in [6.07, 6.45) is 0.878. The van der Waals surface area contributed by atoms with Gasteiger partial charge in [0.2, 0.25) is 5.88 Å². The summed E-state index contributed by atoms with van der Waals surface area (Å²) in [5.41, 5.74) is 3.73. The molecule has 6 nitrogen and oxygen atoms in total. The van der Waals surface area contributed by atoms with E-state index in [1.807, 2.05) is 23.5 Å². The average Bonchev–Trinajstić information content (AvgIpc) is 3.12. The molecular weight excluding hydrogens is 403 g/mol. The van der Waals surface area contributed by atoms with Gasteiger partial charge >= 0.3 is 0 Å². The first-order valence-electron chi connectivity index (χ1n) is 9.76. The number of aromatic hydroxyl groups is 1. The molecule has 0 amide bonds. The van der Waals surface area contributed by atoms with Gasteiger partial charge in [-0.05, 0) is 41.5 Å². The number of quaternary nitrogens is 1. The van der Waals surface area contributed by atoms with Crippen molar-refractivity contribution in [1.29, 1.82) is 0 Å². The van der Waals surface area contributed by atoms with Gasteiger partial charge in [-0.1, -0.05) is 30.3 Å². The molecule has 5 N–H and O–H groups in total. The third-order valence-corrected chi connectivity index (χ3v) is 6.05. The van der Waals surface area contributed by atoms with Crippen molar-refractivity contribution in [3.05, 3.63) is 91.9 Å². The fourth-order valence-electron chi connectivity index (χ4n) is 4.30. The van der Waals surface area contributed by atoms with E-state index in [1.165, 1.54) is 22.3 Å². The molecule has 0 fully saturated rings. The van der Waals surface area contributed by atoms with Crippen LogP contribution in [0.3, 0.4) is 0 Å². The summed E-state index contributed by atoms with van der Waals surface area (Å²) >= 11 is 5.30. The minimum Gasteiger partial charge on any atom is -0.494 e. The van der Waals surface area contributed by atoms with Gasteiger partial charge in [0, 0.05) is 17.3 Å². The second-order valence-electron chi connectivity index (χ2n) is 7.52. The molecule has 0 saturated carbocycles. The number of hydrogen-bond donors (Lipinski definition) is 4. The first-order chi connectivity index (χ1) is 14.5. The van der Waals surface area contributed by atoms with Gasteiger partial charge in [0.05, 0.1) is 18.8 Å². The third kappa shape index (κ3) is 3.05. The Morgan fingerprint density at radius 2 is 1.93 bits per heavy atom. The van der Waals surface area contributed by atoms with Crippen LogP contribution in [-0.2, 0) is 13.0 Å². The Hall–Kier alpha value is -3.23. The Labute approximate surface area is 176 Å². The summed E-state index contributed by atoms with van der Waals surface area (Å²) in [6.45, 7) is 1.02. The standard InChI is InChI=1S/C22H19FN4O2S/c23-13-7-5-12(6-8-13)11-27-21(29)17(20(28)26-22(27)30)19-18-15(9-10-24-19)14-3-1-2-4-16(14)25-18/h1-8,19,24-25,29H,9-11H2,(H,26,28,30)/p+1/t19-/m1/s1. The molecule has 30 heavy (non-hydrogen) atoms. The average molecular weight is 423 g/mol. The molecule has 2 aromatic heterocycles. The number of H-pyrrole nitrogens is 2. The van der Waals surface area contributed by atoms with Crippen LogP contribution in [0, 0.1) is 10.6 Å². The monoisotopic (exact) mass is 423 g/mol. The molecular formula is C22H20FN4O2S+. The van der Waals surface area contributed by atoms with Crippen molar-refractivity contribution in [2.24, 2.45) is 0 Å². The minimum absolute atomic E-state index is 0.123. The Bertz CT molecular complexity index is 1370. The SMILES string of the molecule is O=c1[nH]c(=S)n(Cc2ccc(F)cc2)c(O)c1[C@H]1[NH2+]CCc2c1[nH]c1ccccc21. The largest absolute Gasteiger partial charge is 0.494 e. The van der Waals surface area contributed by atoms with Crippen LogP contribution in [0.4, 0.5) is 4.39 Å². The van der Waals surface area contributed by atoms with Crippen LogP contribution in [-0.4, -0.2) is 26.2 Å². The topological polar surface area (TPSA) is 90.4 Å². The van der Waals surface area contributed by atoms with Gasteiger partial charge in [-0.25, -0.2) is 4.39 Å². The smallest absolute Gasteiger partial charge is 0.265 e. The molecule has 1 aliphatic heterocycles. The highest BCUT2D eigenvalue weighted by molar-refractivity contribution is 7.71. The lowest BCUT2D eigenvalue weighted by Crippen LogP contribution is -2.87. The summed E-state index contributed by atoms with van der Waals surface area (Å²) in [4.78, 5) is 19.0. The number of fused-ring (bicyclic) bond motifs is 3. The maximum absolute atomic E-state index is 13.2. The van der Waals surface area contributed by atoms with E-state index in [9.17, 15) is 14.3 Å². The summed E-state index contributed by atoms with van der Waals surface area (Å²) < 4.78 is 14.8. The molecule has 1 atom stereocenters. The number of aromatic nitrogens is 3. The number of nitrogens with one attached hydrogen (secondary N) is 2. The number of hydrogen-bond acceptors (Lipinski definition) is 3. The molecule has 3 heterocycles. The first kappa shape index (κ1) is 18.8. The maximum atomic E-state index is 13.2. The lowest BCUT2D eigenvalue weighted by atomic mass is 9.95. The van der Waals surface area contributed by atoms with Crippen molar-refractivity contribution in [3.63, 3.8) is 0 Å². The zero-order valence-corrected chi connectivity index (χ0v) is 16.8. The van der Waals surface area contributed by atoms with Gasteiger partial charge in [0.15, 0.2) is 10.8 Å². The summed E-state index contributed by atoms with van der Waals surface area (Å²) in [5.74, 6) is -0.502. The predicted octanol–water partition coefficient (Wildman–Crippen LogP) is 2.49. The van der Waals surface area contributed by atoms with Crippen LogP contribution in [0.1, 0.15) is 28.4 Å². The Morgan fingerprint density at radius 1 is 1.17 bits per heavy atom. The van der Waals surface area contributed by atoms with Gasteiger partial charge in [0.1, 0.15) is 11.4 Å². The molecule has 0 aliphatic carbocycles. The maximum Gasteiger partial charge on any atom is 0.265 e. The molecule has 4 aromatic rings. The molecule has 152 valence electrons. The Kier molecular flexibility index (Phi) is 4.52. The zero-order chi connectivity index (χ0) is 20.8. The fraction of sp³-hybridized carbons (Fsp3) is 0.182. The van der Waals surface area contributed by atoms with Gasteiger partial charge < -0.3 is 15.4 Å². The van der Waals surface area contributed by atoms with Gasteiger partial charge in [-0.15, -0.1) is 0 Å². The van der Waals surface area contributed by atoms with Gasteiger partial charge in [-0.3, -0.25) is 14.3 Å². The van der Waals surface area contributed by atoms with E-state index in [0.717, 1.165) is 35.1 Å². The first-order valence-corrected chi connectivity index (χ1v) is 10.2. The van der Waals surface area contributed by atoms with Crippen molar-refractivity contribution < 1.29 is 14.8 Å². The lowest BCUT2D eigenvalue weighted by Gasteiger charge is -2.22. The molecule has 0 spiro atoms. The van der Waals surface area contributed by atoms with E-state index < -0.39 is 5.56 Å². The Morgan fingerprint density at radius 3 is 2.73 bits per heavy atom. The summed E-state index contributed by atoms with van der Waals surface area (Å²) in [5, 5.41) is 14.3. The number of para-hydroxylation sites is 1. The van der Waals surface area contributed by atoms with E-state index in [-0.39, 0.29) is 34.6 Å². The second-order valence-corrected chi connectivity index (χ2v) is 7.91. The quantitative estimate of drug-likeness (QED) is 0.382.